The molecule has 1 aromatic rings. The number of anilines is 1. The second kappa shape index (κ2) is 7.26. The number of pyridine rings is 1. The summed E-state index contributed by atoms with van der Waals surface area (Å²) in [4.78, 5) is 20.2. The van der Waals surface area contributed by atoms with Crippen molar-refractivity contribution in [1.29, 1.82) is 0 Å². The summed E-state index contributed by atoms with van der Waals surface area (Å²) in [5.74, 6) is 0.888. The van der Waals surface area contributed by atoms with E-state index in [0.717, 1.165) is 17.8 Å². The van der Waals surface area contributed by atoms with Crippen LogP contribution < -0.4 is 10.2 Å². The lowest BCUT2D eigenvalue weighted by Crippen LogP contribution is -2.49. The molecule has 116 valence electrons. The maximum Gasteiger partial charge on any atom is 0.317 e. The van der Waals surface area contributed by atoms with Gasteiger partial charge in [0.25, 0.3) is 0 Å². The van der Waals surface area contributed by atoms with Gasteiger partial charge in [0.05, 0.1) is 12.7 Å². The molecule has 0 saturated carbocycles. The van der Waals surface area contributed by atoms with Crippen LogP contribution in [0.25, 0.3) is 0 Å². The SMILES string of the molecule is CCC1CN(C(=O)NCc2ccnc(N(C)C)c2)CCO1. The first-order valence-corrected chi connectivity index (χ1v) is 7.36. The molecule has 2 rings (SSSR count). The maximum absolute atomic E-state index is 12.2. The number of ether oxygens (including phenoxy) is 1. The summed E-state index contributed by atoms with van der Waals surface area (Å²) < 4.78 is 5.58. The fourth-order valence-corrected chi connectivity index (χ4v) is 2.26. The van der Waals surface area contributed by atoms with Crippen LogP contribution in [0, 0.1) is 0 Å². The van der Waals surface area contributed by atoms with Gasteiger partial charge in [-0.1, -0.05) is 6.92 Å². The van der Waals surface area contributed by atoms with Gasteiger partial charge in [-0.3, -0.25) is 0 Å². The standard InChI is InChI=1S/C15H24N4O2/c1-4-13-11-19(7-8-21-13)15(20)17-10-12-5-6-16-14(9-12)18(2)3/h5-6,9,13H,4,7-8,10-11H2,1-3H3,(H,17,20). The third kappa shape index (κ3) is 4.32. The van der Waals surface area contributed by atoms with Gasteiger partial charge in [-0.25, -0.2) is 9.78 Å². The fourth-order valence-electron chi connectivity index (χ4n) is 2.26. The molecule has 0 aliphatic carbocycles. The number of nitrogens with one attached hydrogen (secondary N) is 1. The number of hydrogen-bond acceptors (Lipinski definition) is 4. The van der Waals surface area contributed by atoms with E-state index in [4.69, 9.17) is 4.74 Å². The van der Waals surface area contributed by atoms with Gasteiger partial charge in [-0.2, -0.15) is 0 Å². The third-order valence-electron chi connectivity index (χ3n) is 3.59. The molecule has 1 aliphatic heterocycles. The van der Waals surface area contributed by atoms with E-state index in [9.17, 15) is 4.79 Å². The van der Waals surface area contributed by atoms with Gasteiger partial charge in [-0.05, 0) is 24.1 Å². The Morgan fingerprint density at radius 3 is 3.10 bits per heavy atom. The van der Waals surface area contributed by atoms with Crippen LogP contribution in [0.3, 0.4) is 0 Å². The highest BCUT2D eigenvalue weighted by molar-refractivity contribution is 5.74. The minimum absolute atomic E-state index is 0.0278. The Bertz CT molecular complexity index is 478. The van der Waals surface area contributed by atoms with E-state index in [0.29, 0.717) is 26.2 Å². The molecule has 0 spiro atoms. The summed E-state index contributed by atoms with van der Waals surface area (Å²) in [5.41, 5.74) is 1.04. The van der Waals surface area contributed by atoms with Crippen molar-refractivity contribution in [1.82, 2.24) is 15.2 Å². The molecule has 0 radical (unpaired) electrons. The number of hydrogen-bond donors (Lipinski definition) is 1. The third-order valence-corrected chi connectivity index (χ3v) is 3.59. The Balaban J connectivity index is 1.87. The summed E-state index contributed by atoms with van der Waals surface area (Å²) in [7, 11) is 3.90. The van der Waals surface area contributed by atoms with Crippen molar-refractivity contribution in [3.63, 3.8) is 0 Å². The van der Waals surface area contributed by atoms with E-state index in [1.807, 2.05) is 36.0 Å². The van der Waals surface area contributed by atoms with Gasteiger partial charge in [0.15, 0.2) is 0 Å². The Hall–Kier alpha value is -1.82. The molecule has 6 nitrogen and oxygen atoms in total. The monoisotopic (exact) mass is 292 g/mol. The average Bonchev–Trinajstić information content (AvgIpc) is 2.53. The van der Waals surface area contributed by atoms with Gasteiger partial charge in [0.1, 0.15) is 5.82 Å². The molecule has 1 aromatic heterocycles. The molecule has 1 atom stereocenters. The van der Waals surface area contributed by atoms with Crippen molar-refractivity contribution in [2.24, 2.45) is 0 Å². The largest absolute Gasteiger partial charge is 0.375 e. The number of carbonyl (C=O) groups excluding carboxylic acids is 1. The first-order valence-electron chi connectivity index (χ1n) is 7.36. The molecule has 21 heavy (non-hydrogen) atoms. The van der Waals surface area contributed by atoms with E-state index in [1.165, 1.54) is 0 Å². The Labute approximate surface area is 126 Å². The Morgan fingerprint density at radius 2 is 2.38 bits per heavy atom. The first-order chi connectivity index (χ1) is 10.1. The highest BCUT2D eigenvalue weighted by Crippen LogP contribution is 2.11. The Kier molecular flexibility index (Phi) is 5.38. The predicted octanol–water partition coefficient (Wildman–Crippen LogP) is 1.47. The second-order valence-electron chi connectivity index (χ2n) is 5.42. The molecule has 1 N–H and O–H groups in total. The quantitative estimate of drug-likeness (QED) is 0.913. The normalized spacial score (nSPS) is 18.4. The molecule has 0 bridgehead atoms. The number of morpholine rings is 1. The highest BCUT2D eigenvalue weighted by atomic mass is 16.5. The van der Waals surface area contributed by atoms with Crippen molar-refractivity contribution in [2.45, 2.75) is 26.0 Å². The van der Waals surface area contributed by atoms with Crippen LogP contribution in [-0.4, -0.2) is 55.8 Å². The van der Waals surface area contributed by atoms with E-state index in [2.05, 4.69) is 17.2 Å². The summed E-state index contributed by atoms with van der Waals surface area (Å²) in [6.07, 6.45) is 2.85. The molecule has 6 heteroatoms. The molecule has 0 aromatic carbocycles. The number of urea groups is 1. The lowest BCUT2D eigenvalue weighted by Gasteiger charge is -2.32. The maximum atomic E-state index is 12.2. The summed E-state index contributed by atoms with van der Waals surface area (Å²) in [5, 5.41) is 2.96. The topological polar surface area (TPSA) is 57.7 Å². The van der Waals surface area contributed by atoms with Gasteiger partial charge in [0.2, 0.25) is 0 Å². The van der Waals surface area contributed by atoms with Crippen LogP contribution in [0.2, 0.25) is 0 Å². The summed E-state index contributed by atoms with van der Waals surface area (Å²) in [6.45, 7) is 4.53. The summed E-state index contributed by atoms with van der Waals surface area (Å²) in [6, 6.07) is 3.87. The van der Waals surface area contributed by atoms with Crippen LogP contribution in [0.1, 0.15) is 18.9 Å². The van der Waals surface area contributed by atoms with Crippen molar-refractivity contribution >= 4 is 11.8 Å². The molecule has 2 amide bonds. The van der Waals surface area contributed by atoms with Crippen molar-refractivity contribution in [3.8, 4) is 0 Å². The number of rotatable bonds is 4. The van der Waals surface area contributed by atoms with Crippen LogP contribution >= 0.6 is 0 Å². The Morgan fingerprint density at radius 1 is 1.57 bits per heavy atom. The second-order valence-corrected chi connectivity index (χ2v) is 5.42. The van der Waals surface area contributed by atoms with Gasteiger partial charge in [0, 0.05) is 39.9 Å². The number of carbonyl (C=O) groups is 1. The lowest BCUT2D eigenvalue weighted by molar-refractivity contribution is -0.0154. The van der Waals surface area contributed by atoms with E-state index < -0.39 is 0 Å². The first kappa shape index (κ1) is 15.6. The predicted molar refractivity (Wildman–Crippen MR) is 82.4 cm³/mol. The summed E-state index contributed by atoms with van der Waals surface area (Å²) >= 11 is 0. The zero-order chi connectivity index (χ0) is 15.2. The van der Waals surface area contributed by atoms with Gasteiger partial charge >= 0.3 is 6.03 Å². The smallest absolute Gasteiger partial charge is 0.317 e. The number of amides is 2. The molecular weight excluding hydrogens is 268 g/mol. The lowest BCUT2D eigenvalue weighted by atomic mass is 10.2. The molecule has 2 heterocycles. The molecule has 1 unspecified atom stereocenters. The van der Waals surface area contributed by atoms with Crippen LogP contribution in [0.15, 0.2) is 18.3 Å². The molecular formula is C15H24N4O2. The average molecular weight is 292 g/mol. The molecule has 1 aliphatic rings. The number of aromatic nitrogens is 1. The van der Waals surface area contributed by atoms with Gasteiger partial charge in [-0.15, -0.1) is 0 Å². The van der Waals surface area contributed by atoms with Crippen LogP contribution in [-0.2, 0) is 11.3 Å². The van der Waals surface area contributed by atoms with Crippen molar-refractivity contribution in [2.75, 3.05) is 38.7 Å². The van der Waals surface area contributed by atoms with Crippen LogP contribution in [0.4, 0.5) is 10.6 Å². The van der Waals surface area contributed by atoms with Crippen LogP contribution in [0.5, 0.6) is 0 Å². The highest BCUT2D eigenvalue weighted by Gasteiger charge is 2.22. The van der Waals surface area contributed by atoms with Crippen molar-refractivity contribution in [3.05, 3.63) is 23.9 Å². The van der Waals surface area contributed by atoms with E-state index >= 15 is 0 Å². The zero-order valence-corrected chi connectivity index (χ0v) is 13.0. The van der Waals surface area contributed by atoms with E-state index in [-0.39, 0.29) is 12.1 Å². The molecule has 1 fully saturated rings. The van der Waals surface area contributed by atoms with E-state index in [1.54, 1.807) is 6.20 Å². The van der Waals surface area contributed by atoms with Gasteiger partial charge < -0.3 is 19.9 Å². The van der Waals surface area contributed by atoms with Crippen molar-refractivity contribution < 1.29 is 9.53 Å². The zero-order valence-electron chi connectivity index (χ0n) is 13.0. The minimum atomic E-state index is -0.0278. The minimum Gasteiger partial charge on any atom is -0.375 e. The molecule has 1 saturated heterocycles. The fraction of sp³-hybridized carbons (Fsp3) is 0.600. The number of nitrogens with zero attached hydrogens (tertiary/aromatic N) is 3.